The smallest absolute Gasteiger partial charge is 0.0587 e. The lowest BCUT2D eigenvalue weighted by Crippen LogP contribution is -2.30. The van der Waals surface area contributed by atoms with Gasteiger partial charge in [-0.05, 0) is 24.7 Å². The average molecular weight is 301 g/mol. The van der Waals surface area contributed by atoms with Crippen molar-refractivity contribution in [3.05, 3.63) is 34.3 Å². The van der Waals surface area contributed by atoms with E-state index in [0.29, 0.717) is 0 Å². The second-order valence-electron chi connectivity index (χ2n) is 4.11. The van der Waals surface area contributed by atoms with Crippen LogP contribution in [0.25, 0.3) is 0 Å². The van der Waals surface area contributed by atoms with Crippen LogP contribution in [0, 0.1) is 0 Å². The first-order valence-corrected chi connectivity index (χ1v) is 6.64. The Hall–Kier alpha value is -0.420. The maximum Gasteiger partial charge on any atom is 0.0587 e. The largest absolute Gasteiger partial charge is 0.383 e. The summed E-state index contributed by atoms with van der Waals surface area (Å²) < 4.78 is 6.12. The van der Waals surface area contributed by atoms with Crippen molar-refractivity contribution in [2.45, 2.75) is 6.54 Å². The average Bonchev–Trinajstić information content (AvgIpc) is 2.29. The number of rotatable bonds is 8. The van der Waals surface area contributed by atoms with Crippen LogP contribution in [0.15, 0.2) is 28.7 Å². The van der Waals surface area contributed by atoms with Crippen LogP contribution < -0.4 is 5.32 Å². The summed E-state index contributed by atoms with van der Waals surface area (Å²) in [6.07, 6.45) is 0. The Morgan fingerprint density at radius 3 is 2.88 bits per heavy atom. The summed E-state index contributed by atoms with van der Waals surface area (Å²) in [4.78, 5) is 2.31. The second kappa shape index (κ2) is 8.64. The SMILES string of the molecule is COCCNCCN(C)Cc1cccc(Br)c1. The van der Waals surface area contributed by atoms with Crippen LogP contribution in [-0.4, -0.2) is 45.3 Å². The number of methoxy groups -OCH3 is 1. The molecule has 0 heterocycles. The maximum absolute atomic E-state index is 4.98. The van der Waals surface area contributed by atoms with Crippen molar-refractivity contribution in [3.63, 3.8) is 0 Å². The van der Waals surface area contributed by atoms with Gasteiger partial charge in [0.2, 0.25) is 0 Å². The molecule has 96 valence electrons. The van der Waals surface area contributed by atoms with E-state index in [1.54, 1.807) is 7.11 Å². The van der Waals surface area contributed by atoms with E-state index in [9.17, 15) is 0 Å². The normalized spacial score (nSPS) is 11.1. The van der Waals surface area contributed by atoms with Gasteiger partial charge in [0, 0.05) is 37.8 Å². The van der Waals surface area contributed by atoms with Crippen molar-refractivity contribution >= 4 is 15.9 Å². The Kier molecular flexibility index (Phi) is 7.44. The molecular weight excluding hydrogens is 280 g/mol. The van der Waals surface area contributed by atoms with Crippen LogP contribution >= 0.6 is 15.9 Å². The van der Waals surface area contributed by atoms with E-state index < -0.39 is 0 Å². The molecule has 17 heavy (non-hydrogen) atoms. The van der Waals surface area contributed by atoms with Gasteiger partial charge in [-0.25, -0.2) is 0 Å². The number of likely N-dealkylation sites (N-methyl/N-ethyl adjacent to an activating group) is 1. The molecule has 0 fully saturated rings. The molecule has 0 amide bonds. The summed E-state index contributed by atoms with van der Waals surface area (Å²) in [5.74, 6) is 0. The van der Waals surface area contributed by atoms with Crippen LogP contribution in [0.1, 0.15) is 5.56 Å². The van der Waals surface area contributed by atoms with E-state index in [2.05, 4.69) is 57.5 Å². The zero-order chi connectivity index (χ0) is 12.5. The predicted octanol–water partition coefficient (Wildman–Crippen LogP) is 2.12. The minimum Gasteiger partial charge on any atom is -0.383 e. The minimum absolute atomic E-state index is 0.773. The quantitative estimate of drug-likeness (QED) is 0.744. The van der Waals surface area contributed by atoms with Crippen molar-refractivity contribution in [2.24, 2.45) is 0 Å². The van der Waals surface area contributed by atoms with Gasteiger partial charge in [0.05, 0.1) is 6.61 Å². The fourth-order valence-electron chi connectivity index (χ4n) is 1.60. The van der Waals surface area contributed by atoms with Gasteiger partial charge in [-0.2, -0.15) is 0 Å². The van der Waals surface area contributed by atoms with Gasteiger partial charge in [0.15, 0.2) is 0 Å². The van der Waals surface area contributed by atoms with E-state index >= 15 is 0 Å². The van der Waals surface area contributed by atoms with Crippen molar-refractivity contribution in [1.29, 1.82) is 0 Å². The van der Waals surface area contributed by atoms with Crippen LogP contribution in [0.5, 0.6) is 0 Å². The van der Waals surface area contributed by atoms with Gasteiger partial charge in [-0.15, -0.1) is 0 Å². The summed E-state index contributed by atoms with van der Waals surface area (Å²) in [5.41, 5.74) is 1.33. The third kappa shape index (κ3) is 6.78. The van der Waals surface area contributed by atoms with Crippen molar-refractivity contribution in [1.82, 2.24) is 10.2 Å². The summed E-state index contributed by atoms with van der Waals surface area (Å²) in [6.45, 7) is 4.70. The summed E-state index contributed by atoms with van der Waals surface area (Å²) in [5, 5.41) is 3.34. The molecule has 0 aliphatic heterocycles. The number of hydrogen-bond acceptors (Lipinski definition) is 3. The molecule has 0 aromatic heterocycles. The van der Waals surface area contributed by atoms with Gasteiger partial charge in [0.1, 0.15) is 0 Å². The van der Waals surface area contributed by atoms with E-state index in [-0.39, 0.29) is 0 Å². The highest BCUT2D eigenvalue weighted by molar-refractivity contribution is 9.10. The van der Waals surface area contributed by atoms with Crippen molar-refractivity contribution in [3.8, 4) is 0 Å². The molecule has 0 spiro atoms. The van der Waals surface area contributed by atoms with Gasteiger partial charge in [-0.3, -0.25) is 0 Å². The monoisotopic (exact) mass is 300 g/mol. The highest BCUT2D eigenvalue weighted by Gasteiger charge is 2.00. The molecule has 0 saturated heterocycles. The fraction of sp³-hybridized carbons (Fsp3) is 0.538. The molecule has 0 atom stereocenters. The lowest BCUT2D eigenvalue weighted by molar-refractivity contribution is 0.197. The number of ether oxygens (including phenoxy) is 1. The lowest BCUT2D eigenvalue weighted by atomic mass is 10.2. The Labute approximate surface area is 112 Å². The van der Waals surface area contributed by atoms with Crippen molar-refractivity contribution < 1.29 is 4.74 Å². The number of nitrogens with zero attached hydrogens (tertiary/aromatic N) is 1. The van der Waals surface area contributed by atoms with E-state index in [1.165, 1.54) is 5.56 Å². The molecular formula is C13H21BrN2O. The van der Waals surface area contributed by atoms with Gasteiger partial charge in [0.25, 0.3) is 0 Å². The second-order valence-corrected chi connectivity index (χ2v) is 5.03. The predicted molar refractivity (Wildman–Crippen MR) is 75.2 cm³/mol. The fourth-order valence-corrected chi connectivity index (χ4v) is 2.04. The molecule has 1 aromatic carbocycles. The molecule has 3 nitrogen and oxygen atoms in total. The third-order valence-corrected chi connectivity index (χ3v) is 2.99. The van der Waals surface area contributed by atoms with Crippen LogP contribution in [-0.2, 0) is 11.3 Å². The van der Waals surface area contributed by atoms with Crippen LogP contribution in [0.2, 0.25) is 0 Å². The Morgan fingerprint density at radius 2 is 2.18 bits per heavy atom. The summed E-state index contributed by atoms with van der Waals surface area (Å²) >= 11 is 3.49. The number of hydrogen-bond donors (Lipinski definition) is 1. The highest BCUT2D eigenvalue weighted by atomic mass is 79.9. The molecule has 0 aliphatic carbocycles. The third-order valence-electron chi connectivity index (χ3n) is 2.49. The molecule has 1 aromatic rings. The first kappa shape index (κ1) is 14.6. The molecule has 0 unspecified atom stereocenters. The maximum atomic E-state index is 4.98. The number of halogens is 1. The minimum atomic E-state index is 0.773. The van der Waals surface area contributed by atoms with Crippen molar-refractivity contribution in [2.75, 3.05) is 40.4 Å². The highest BCUT2D eigenvalue weighted by Crippen LogP contribution is 2.12. The van der Waals surface area contributed by atoms with Gasteiger partial charge in [-0.1, -0.05) is 28.1 Å². The van der Waals surface area contributed by atoms with E-state index in [0.717, 1.165) is 37.3 Å². The molecule has 0 saturated carbocycles. The number of benzene rings is 1. The van der Waals surface area contributed by atoms with Gasteiger partial charge < -0.3 is 15.0 Å². The number of nitrogens with one attached hydrogen (secondary N) is 1. The van der Waals surface area contributed by atoms with E-state index in [4.69, 9.17) is 4.74 Å². The molecule has 1 N–H and O–H groups in total. The molecule has 1 rings (SSSR count). The Bertz CT molecular complexity index is 320. The molecule has 0 aliphatic rings. The zero-order valence-corrected chi connectivity index (χ0v) is 12.2. The standard InChI is InChI=1S/C13H21BrN2O/c1-16(8-6-15-7-9-17-2)11-12-4-3-5-13(14)10-12/h3-5,10,15H,6-9,11H2,1-2H3. The molecule has 4 heteroatoms. The molecule has 0 bridgehead atoms. The van der Waals surface area contributed by atoms with Gasteiger partial charge >= 0.3 is 0 Å². The summed E-state index contributed by atoms with van der Waals surface area (Å²) in [6, 6.07) is 8.44. The Balaban J connectivity index is 2.18. The molecule has 0 radical (unpaired) electrons. The zero-order valence-electron chi connectivity index (χ0n) is 10.6. The first-order valence-electron chi connectivity index (χ1n) is 5.85. The Morgan fingerprint density at radius 1 is 1.35 bits per heavy atom. The van der Waals surface area contributed by atoms with E-state index in [1.807, 2.05) is 0 Å². The van der Waals surface area contributed by atoms with Crippen LogP contribution in [0.3, 0.4) is 0 Å². The topological polar surface area (TPSA) is 24.5 Å². The first-order chi connectivity index (χ1) is 8.22. The van der Waals surface area contributed by atoms with Crippen LogP contribution in [0.4, 0.5) is 0 Å². The lowest BCUT2D eigenvalue weighted by Gasteiger charge is -2.17. The summed E-state index contributed by atoms with van der Waals surface area (Å²) in [7, 11) is 3.86.